The third-order valence-electron chi connectivity index (χ3n) is 3.69. The van der Waals surface area contributed by atoms with Crippen LogP contribution in [0.4, 0.5) is 0 Å². The van der Waals surface area contributed by atoms with E-state index in [1.165, 1.54) is 5.56 Å². The summed E-state index contributed by atoms with van der Waals surface area (Å²) in [5.41, 5.74) is 1.19. The molecule has 24 heavy (non-hydrogen) atoms. The van der Waals surface area contributed by atoms with Crippen LogP contribution in [0.15, 0.2) is 29.3 Å². The lowest BCUT2D eigenvalue weighted by Gasteiger charge is -2.19. The van der Waals surface area contributed by atoms with Gasteiger partial charge < -0.3 is 15.4 Å². The Labute approximate surface area is 145 Å². The van der Waals surface area contributed by atoms with Gasteiger partial charge in [-0.2, -0.15) is 0 Å². The van der Waals surface area contributed by atoms with Gasteiger partial charge in [0.2, 0.25) is 0 Å². The van der Waals surface area contributed by atoms with E-state index in [-0.39, 0.29) is 5.75 Å². The number of hydrogen-bond donors (Lipinski definition) is 2. The molecule has 1 aromatic rings. The summed E-state index contributed by atoms with van der Waals surface area (Å²) >= 11 is 0. The third kappa shape index (κ3) is 6.39. The molecule has 7 heteroatoms. The minimum Gasteiger partial charge on any atom is -0.497 e. The van der Waals surface area contributed by atoms with Gasteiger partial charge in [-0.1, -0.05) is 12.1 Å². The second-order valence-corrected chi connectivity index (χ2v) is 9.32. The number of aliphatic imine (C=N–C) groups is 1. The average molecular weight is 356 g/mol. The number of nitrogens with one attached hydrogen (secondary N) is 2. The van der Waals surface area contributed by atoms with Crippen molar-refractivity contribution in [2.45, 2.75) is 31.9 Å². The highest BCUT2D eigenvalue weighted by Gasteiger charge is 2.28. The lowest BCUT2D eigenvalue weighted by Crippen LogP contribution is -2.42. The minimum atomic E-state index is -3.13. The molecule has 0 radical (unpaired) electrons. The number of benzene rings is 1. The van der Waals surface area contributed by atoms with Crippen molar-refractivity contribution in [1.82, 2.24) is 10.6 Å². The first kappa shape index (κ1) is 20.3. The minimum absolute atomic E-state index is 0.0790. The van der Waals surface area contributed by atoms with Crippen LogP contribution in [0.1, 0.15) is 26.3 Å². The van der Waals surface area contributed by atoms with Crippen LogP contribution in [0.25, 0.3) is 0 Å². The summed E-state index contributed by atoms with van der Waals surface area (Å²) in [7, 11) is 0.184. The van der Waals surface area contributed by atoms with Crippen LogP contribution < -0.4 is 15.4 Å². The molecule has 0 aliphatic carbocycles. The van der Waals surface area contributed by atoms with E-state index >= 15 is 0 Å². The zero-order valence-electron chi connectivity index (χ0n) is 15.2. The highest BCUT2D eigenvalue weighted by molar-refractivity contribution is 7.92. The number of sulfone groups is 1. The molecule has 0 saturated carbocycles. The highest BCUT2D eigenvalue weighted by atomic mass is 32.2. The van der Waals surface area contributed by atoms with Crippen LogP contribution in [0.2, 0.25) is 0 Å². The maximum Gasteiger partial charge on any atom is 0.191 e. The Balaban J connectivity index is 2.37. The second-order valence-electron chi connectivity index (χ2n) is 6.46. The van der Waals surface area contributed by atoms with Crippen molar-refractivity contribution in [2.24, 2.45) is 4.99 Å². The van der Waals surface area contributed by atoms with Crippen LogP contribution in [0.5, 0.6) is 5.75 Å². The first-order chi connectivity index (χ1) is 11.2. The van der Waals surface area contributed by atoms with Crippen LogP contribution in [-0.2, 0) is 16.3 Å². The predicted octanol–water partition coefficient (Wildman–Crippen LogP) is 1.62. The van der Waals surface area contributed by atoms with E-state index in [2.05, 4.69) is 15.6 Å². The van der Waals surface area contributed by atoms with Crippen molar-refractivity contribution in [3.8, 4) is 5.75 Å². The quantitative estimate of drug-likeness (QED) is 0.574. The number of methoxy groups -OCH3 is 1. The van der Waals surface area contributed by atoms with E-state index in [4.69, 9.17) is 4.74 Å². The Morgan fingerprint density at radius 1 is 1.12 bits per heavy atom. The van der Waals surface area contributed by atoms with Gasteiger partial charge in [-0.15, -0.1) is 0 Å². The van der Waals surface area contributed by atoms with Crippen molar-refractivity contribution in [2.75, 3.05) is 33.0 Å². The molecule has 0 aromatic heterocycles. The van der Waals surface area contributed by atoms with E-state index in [0.29, 0.717) is 19.0 Å². The fourth-order valence-corrected chi connectivity index (χ4v) is 2.93. The second kappa shape index (κ2) is 8.92. The Kier molecular flexibility index (Phi) is 7.54. The number of guanidine groups is 1. The molecule has 1 aromatic carbocycles. The molecule has 0 aliphatic rings. The molecular weight excluding hydrogens is 326 g/mol. The van der Waals surface area contributed by atoms with Crippen molar-refractivity contribution < 1.29 is 13.2 Å². The van der Waals surface area contributed by atoms with Gasteiger partial charge in [0.05, 0.1) is 17.6 Å². The lowest BCUT2D eigenvalue weighted by molar-refractivity contribution is 0.414. The smallest absolute Gasteiger partial charge is 0.191 e. The molecule has 0 saturated heterocycles. The highest BCUT2D eigenvalue weighted by Crippen LogP contribution is 2.15. The van der Waals surface area contributed by atoms with Crippen LogP contribution in [-0.4, -0.2) is 52.1 Å². The van der Waals surface area contributed by atoms with Crippen LogP contribution in [0.3, 0.4) is 0 Å². The third-order valence-corrected chi connectivity index (χ3v) is 6.29. The van der Waals surface area contributed by atoms with E-state index in [0.717, 1.165) is 12.2 Å². The molecule has 0 aliphatic heterocycles. The number of rotatable bonds is 7. The molecule has 2 N–H and O–H groups in total. The Morgan fingerprint density at radius 2 is 1.71 bits per heavy atom. The molecule has 0 amide bonds. The summed E-state index contributed by atoms with van der Waals surface area (Å²) in [6, 6.07) is 7.90. The van der Waals surface area contributed by atoms with Gasteiger partial charge in [0.15, 0.2) is 15.8 Å². The van der Waals surface area contributed by atoms with E-state index < -0.39 is 14.6 Å². The monoisotopic (exact) mass is 355 g/mol. The maximum absolute atomic E-state index is 12.1. The van der Waals surface area contributed by atoms with Crippen molar-refractivity contribution in [1.29, 1.82) is 0 Å². The molecule has 0 heterocycles. The zero-order valence-corrected chi connectivity index (χ0v) is 16.0. The largest absolute Gasteiger partial charge is 0.497 e. The van der Waals surface area contributed by atoms with Gasteiger partial charge in [-0.25, -0.2) is 8.42 Å². The molecule has 0 atom stereocenters. The molecular formula is C17H29N3O3S. The molecule has 6 nitrogen and oxygen atoms in total. The first-order valence-corrected chi connectivity index (χ1v) is 9.64. The number of nitrogens with zero attached hydrogens (tertiary/aromatic N) is 1. The molecule has 1 rings (SSSR count). The summed E-state index contributed by atoms with van der Waals surface area (Å²) in [4.78, 5) is 4.11. The van der Waals surface area contributed by atoms with Gasteiger partial charge in [-0.3, -0.25) is 4.99 Å². The van der Waals surface area contributed by atoms with Gasteiger partial charge in [-0.05, 0) is 44.9 Å². The van der Waals surface area contributed by atoms with Crippen LogP contribution >= 0.6 is 0 Å². The summed E-state index contributed by atoms with van der Waals surface area (Å²) in [5.74, 6) is 1.52. The molecule has 0 fully saturated rings. The van der Waals surface area contributed by atoms with E-state index in [1.807, 2.05) is 24.3 Å². The predicted molar refractivity (Wildman–Crippen MR) is 99.6 cm³/mol. The fraction of sp³-hybridized carbons (Fsp3) is 0.588. The summed E-state index contributed by atoms with van der Waals surface area (Å²) < 4.78 is 28.5. The average Bonchev–Trinajstić information content (AvgIpc) is 2.52. The van der Waals surface area contributed by atoms with Crippen molar-refractivity contribution in [3.63, 3.8) is 0 Å². The summed E-state index contributed by atoms with van der Waals surface area (Å²) in [6.45, 7) is 6.18. The van der Waals surface area contributed by atoms with Gasteiger partial charge in [0.25, 0.3) is 0 Å². The molecule has 0 bridgehead atoms. The van der Waals surface area contributed by atoms with Crippen molar-refractivity contribution >= 4 is 15.8 Å². The van der Waals surface area contributed by atoms with E-state index in [1.54, 1.807) is 34.9 Å². The van der Waals surface area contributed by atoms with E-state index in [9.17, 15) is 8.42 Å². The normalized spacial score (nSPS) is 12.8. The number of hydrogen-bond acceptors (Lipinski definition) is 4. The first-order valence-electron chi connectivity index (χ1n) is 7.99. The van der Waals surface area contributed by atoms with Gasteiger partial charge in [0.1, 0.15) is 5.75 Å². The molecule has 0 unspecified atom stereocenters. The van der Waals surface area contributed by atoms with Crippen LogP contribution in [0, 0.1) is 0 Å². The summed E-state index contributed by atoms with van der Waals surface area (Å²) in [6.07, 6.45) is 0.838. The topological polar surface area (TPSA) is 79.8 Å². The maximum atomic E-state index is 12.1. The van der Waals surface area contributed by atoms with Gasteiger partial charge >= 0.3 is 0 Å². The Bertz CT molecular complexity index is 632. The van der Waals surface area contributed by atoms with Crippen molar-refractivity contribution in [3.05, 3.63) is 29.8 Å². The molecule has 136 valence electrons. The fourth-order valence-electron chi connectivity index (χ4n) is 1.95. The SMILES string of the molecule is CN=C(NCCc1ccc(OC)cc1)NCCS(=O)(=O)C(C)(C)C. The summed E-state index contributed by atoms with van der Waals surface area (Å²) in [5, 5.41) is 6.23. The molecule has 0 spiro atoms. The Hall–Kier alpha value is -1.76. The van der Waals surface area contributed by atoms with Gasteiger partial charge in [0, 0.05) is 20.1 Å². The zero-order chi connectivity index (χ0) is 18.2. The lowest BCUT2D eigenvalue weighted by atomic mass is 10.1. The Morgan fingerprint density at radius 3 is 2.21 bits per heavy atom. The standard InChI is InChI=1S/C17H29N3O3S/c1-17(2,3)24(21,22)13-12-20-16(18-4)19-11-10-14-6-8-15(23-5)9-7-14/h6-9H,10-13H2,1-5H3,(H2,18,19,20). The number of ether oxygens (including phenoxy) is 1.